The summed E-state index contributed by atoms with van der Waals surface area (Å²) in [5.41, 5.74) is 2.39. The number of ketones is 1. The number of benzene rings is 2. The second-order valence-corrected chi connectivity index (χ2v) is 12.3. The number of amides is 1. The standard InChI is InChI=1S/C25H19BrN4O3S3/c1-13-22(35-14(2)27-13)20(31)18-19(16-9-6-10-17(26)11-16)30(23(33)21(18)32)24-28-29-25(36-24)34-12-15-7-4-3-5-8-15/h3-11,19,32H,12H2,1-2H3. The number of aliphatic hydroxyl groups is 1. The summed E-state index contributed by atoms with van der Waals surface area (Å²) in [4.78, 5) is 33.2. The Morgan fingerprint density at radius 3 is 2.58 bits per heavy atom. The van der Waals surface area contributed by atoms with Gasteiger partial charge in [-0.3, -0.25) is 14.5 Å². The smallest absolute Gasteiger partial charge is 0.296 e. The van der Waals surface area contributed by atoms with E-state index in [1.807, 2.05) is 61.5 Å². The van der Waals surface area contributed by atoms with E-state index in [0.29, 0.717) is 31.4 Å². The quantitative estimate of drug-likeness (QED) is 0.148. The van der Waals surface area contributed by atoms with Crippen molar-refractivity contribution in [1.82, 2.24) is 15.2 Å². The molecule has 0 fully saturated rings. The van der Waals surface area contributed by atoms with Crippen LogP contribution in [0.3, 0.4) is 0 Å². The zero-order valence-electron chi connectivity index (χ0n) is 19.1. The van der Waals surface area contributed by atoms with Crippen LogP contribution in [0.4, 0.5) is 5.13 Å². The number of carbonyl (C=O) groups excluding carboxylic acids is 2. The lowest BCUT2D eigenvalue weighted by Gasteiger charge is -2.24. The van der Waals surface area contributed by atoms with Gasteiger partial charge in [0, 0.05) is 10.2 Å². The fourth-order valence-electron chi connectivity index (χ4n) is 3.97. The first kappa shape index (κ1) is 24.8. The van der Waals surface area contributed by atoms with E-state index in [4.69, 9.17) is 0 Å². The van der Waals surface area contributed by atoms with Gasteiger partial charge in [0.2, 0.25) is 10.9 Å². The van der Waals surface area contributed by atoms with Crippen molar-refractivity contribution in [3.63, 3.8) is 0 Å². The number of thioether (sulfide) groups is 1. The average Bonchev–Trinajstić information content (AvgIpc) is 3.54. The monoisotopic (exact) mass is 598 g/mol. The molecule has 7 nitrogen and oxygen atoms in total. The number of aliphatic hydroxyl groups excluding tert-OH is 1. The molecule has 0 aliphatic carbocycles. The van der Waals surface area contributed by atoms with Gasteiger partial charge in [-0.05, 0) is 37.1 Å². The second-order valence-electron chi connectivity index (χ2n) is 8.00. The van der Waals surface area contributed by atoms with E-state index in [-0.39, 0.29) is 5.57 Å². The molecule has 4 aromatic rings. The predicted octanol–water partition coefficient (Wildman–Crippen LogP) is 6.45. The van der Waals surface area contributed by atoms with Crippen LogP contribution in [0.1, 0.15) is 37.5 Å². The molecular formula is C25H19BrN4O3S3. The summed E-state index contributed by atoms with van der Waals surface area (Å²) in [7, 11) is 0. The molecule has 3 heterocycles. The number of aromatic nitrogens is 3. The Balaban J connectivity index is 1.53. The number of halogens is 1. The summed E-state index contributed by atoms with van der Waals surface area (Å²) in [6, 6.07) is 16.5. The number of hydrogen-bond donors (Lipinski definition) is 1. The highest BCUT2D eigenvalue weighted by Gasteiger charge is 2.46. The topological polar surface area (TPSA) is 96.3 Å². The Kier molecular flexibility index (Phi) is 7.07. The summed E-state index contributed by atoms with van der Waals surface area (Å²) in [5, 5.41) is 20.5. The molecule has 0 bridgehead atoms. The lowest BCUT2D eigenvalue weighted by molar-refractivity contribution is -0.117. The van der Waals surface area contributed by atoms with E-state index in [2.05, 4.69) is 31.1 Å². The number of rotatable bonds is 7. The minimum absolute atomic E-state index is 0.0125. The fraction of sp³-hybridized carbons (Fsp3) is 0.160. The van der Waals surface area contributed by atoms with Crippen molar-refractivity contribution in [2.75, 3.05) is 4.90 Å². The molecule has 1 N–H and O–H groups in total. The maximum absolute atomic E-state index is 13.7. The van der Waals surface area contributed by atoms with Gasteiger partial charge < -0.3 is 5.11 Å². The molecule has 5 rings (SSSR count). The van der Waals surface area contributed by atoms with Crippen LogP contribution in [0, 0.1) is 13.8 Å². The highest BCUT2D eigenvalue weighted by molar-refractivity contribution is 9.10. The Labute approximate surface area is 228 Å². The molecule has 2 aromatic heterocycles. The highest BCUT2D eigenvalue weighted by Crippen LogP contribution is 2.44. The molecule has 1 amide bonds. The van der Waals surface area contributed by atoms with E-state index >= 15 is 0 Å². The Hall–Kier alpha value is -2.86. The van der Waals surface area contributed by atoms with Gasteiger partial charge in [-0.25, -0.2) is 4.98 Å². The zero-order valence-corrected chi connectivity index (χ0v) is 23.2. The maximum atomic E-state index is 13.7. The van der Waals surface area contributed by atoms with Crippen LogP contribution >= 0.6 is 50.4 Å². The number of hydrogen-bond acceptors (Lipinski definition) is 9. The Morgan fingerprint density at radius 2 is 1.89 bits per heavy atom. The maximum Gasteiger partial charge on any atom is 0.296 e. The largest absolute Gasteiger partial charge is 0.503 e. The number of carbonyl (C=O) groups is 2. The molecular weight excluding hydrogens is 580 g/mol. The molecule has 0 radical (unpaired) electrons. The molecule has 0 saturated carbocycles. The van der Waals surface area contributed by atoms with Crippen LogP contribution in [0.25, 0.3) is 0 Å². The van der Waals surface area contributed by atoms with Crippen LogP contribution < -0.4 is 4.90 Å². The summed E-state index contributed by atoms with van der Waals surface area (Å²) in [6.07, 6.45) is 0. The first-order chi connectivity index (χ1) is 17.3. The van der Waals surface area contributed by atoms with E-state index in [0.717, 1.165) is 15.0 Å². The van der Waals surface area contributed by atoms with E-state index < -0.39 is 23.5 Å². The van der Waals surface area contributed by atoms with Gasteiger partial charge in [-0.1, -0.05) is 81.5 Å². The molecule has 1 aliphatic heterocycles. The molecule has 0 spiro atoms. The Bertz CT molecular complexity index is 1500. The van der Waals surface area contributed by atoms with Crippen LogP contribution in [0.5, 0.6) is 0 Å². The minimum Gasteiger partial charge on any atom is -0.503 e. The fourth-order valence-corrected chi connectivity index (χ4v) is 7.08. The van der Waals surface area contributed by atoms with Gasteiger partial charge in [0.15, 0.2) is 10.1 Å². The predicted molar refractivity (Wildman–Crippen MR) is 146 cm³/mol. The molecule has 0 saturated heterocycles. The van der Waals surface area contributed by atoms with Crippen molar-refractivity contribution in [2.45, 2.75) is 30.0 Å². The third-order valence-electron chi connectivity index (χ3n) is 5.53. The van der Waals surface area contributed by atoms with Gasteiger partial charge in [0.1, 0.15) is 0 Å². The minimum atomic E-state index is -0.857. The summed E-state index contributed by atoms with van der Waals surface area (Å²) in [5.74, 6) is -0.975. The SMILES string of the molecule is Cc1nc(C)c(C(=O)C2=C(O)C(=O)N(c3nnc(SCc4ccccc4)s3)C2c2cccc(Br)c2)s1. The average molecular weight is 600 g/mol. The van der Waals surface area contributed by atoms with Crippen molar-refractivity contribution >= 4 is 67.2 Å². The number of anilines is 1. The molecule has 1 atom stereocenters. The first-order valence-corrected chi connectivity index (χ1v) is 14.3. The third kappa shape index (κ3) is 4.75. The van der Waals surface area contributed by atoms with Crippen LogP contribution in [-0.4, -0.2) is 32.0 Å². The zero-order chi connectivity index (χ0) is 25.4. The van der Waals surface area contributed by atoms with Gasteiger partial charge in [0.05, 0.1) is 27.2 Å². The van der Waals surface area contributed by atoms with Crippen molar-refractivity contribution in [3.8, 4) is 0 Å². The highest BCUT2D eigenvalue weighted by atomic mass is 79.9. The van der Waals surface area contributed by atoms with Crippen molar-refractivity contribution in [2.24, 2.45) is 0 Å². The summed E-state index contributed by atoms with van der Waals surface area (Å²) in [6.45, 7) is 3.56. The van der Waals surface area contributed by atoms with E-state index in [1.165, 1.54) is 39.3 Å². The van der Waals surface area contributed by atoms with Gasteiger partial charge in [-0.15, -0.1) is 21.5 Å². The molecule has 182 valence electrons. The Morgan fingerprint density at radius 1 is 1.11 bits per heavy atom. The van der Waals surface area contributed by atoms with Crippen LogP contribution in [0.15, 0.2) is 74.7 Å². The van der Waals surface area contributed by atoms with Crippen molar-refractivity contribution < 1.29 is 14.7 Å². The van der Waals surface area contributed by atoms with Gasteiger partial charge >= 0.3 is 0 Å². The summed E-state index contributed by atoms with van der Waals surface area (Å²) < 4.78 is 1.47. The molecule has 36 heavy (non-hydrogen) atoms. The number of thiazole rings is 1. The molecule has 1 aliphatic rings. The van der Waals surface area contributed by atoms with Crippen LogP contribution in [-0.2, 0) is 10.5 Å². The summed E-state index contributed by atoms with van der Waals surface area (Å²) >= 11 is 7.48. The number of aryl methyl sites for hydroxylation is 2. The van der Waals surface area contributed by atoms with E-state index in [9.17, 15) is 14.7 Å². The lowest BCUT2D eigenvalue weighted by Crippen LogP contribution is -2.31. The van der Waals surface area contributed by atoms with Gasteiger partial charge in [0.25, 0.3) is 5.91 Å². The van der Waals surface area contributed by atoms with Crippen LogP contribution in [0.2, 0.25) is 0 Å². The molecule has 2 aromatic carbocycles. The lowest BCUT2D eigenvalue weighted by atomic mass is 9.95. The third-order valence-corrected chi connectivity index (χ3v) is 9.23. The number of nitrogens with zero attached hydrogens (tertiary/aromatic N) is 4. The normalized spacial score (nSPS) is 15.7. The molecule has 1 unspecified atom stereocenters. The first-order valence-electron chi connectivity index (χ1n) is 10.8. The van der Waals surface area contributed by atoms with Gasteiger partial charge in [-0.2, -0.15) is 0 Å². The second kappa shape index (κ2) is 10.3. The molecule has 11 heteroatoms. The number of Topliss-reactive ketones (excluding diaryl/α,β-unsaturated/α-hetero) is 1. The van der Waals surface area contributed by atoms with Crippen molar-refractivity contribution in [1.29, 1.82) is 0 Å². The van der Waals surface area contributed by atoms with Crippen molar-refractivity contribution in [3.05, 3.63) is 97.1 Å². The van der Waals surface area contributed by atoms with E-state index in [1.54, 1.807) is 6.92 Å².